The molecular weight excluding hydrogens is 449 g/mol. The van der Waals surface area contributed by atoms with Crippen LogP contribution < -0.4 is 0 Å². The van der Waals surface area contributed by atoms with Crippen LogP contribution in [-0.4, -0.2) is 6.34 Å². The van der Waals surface area contributed by atoms with E-state index in [1.54, 1.807) is 0 Å². The monoisotopic (exact) mass is 474 g/mol. The van der Waals surface area contributed by atoms with Crippen LogP contribution in [-0.2, 0) is 20.8 Å². The molecule has 4 heteroatoms. The van der Waals surface area contributed by atoms with E-state index in [4.69, 9.17) is 17.0 Å². The van der Waals surface area contributed by atoms with Gasteiger partial charge in [0.25, 0.3) is 0 Å². The quantitative estimate of drug-likeness (QED) is 0.417. The molecule has 1 saturated carbocycles. The summed E-state index contributed by atoms with van der Waals surface area (Å²) in [7, 11) is 9.87. The van der Waals surface area contributed by atoms with Gasteiger partial charge in [0, 0.05) is 0 Å². The van der Waals surface area contributed by atoms with Gasteiger partial charge >= 0.3 is 37.9 Å². The van der Waals surface area contributed by atoms with Crippen molar-refractivity contribution in [3.8, 4) is 0 Å². The summed E-state index contributed by atoms with van der Waals surface area (Å²) >= 11 is -0.826. The Hall–Kier alpha value is -0.162. The molecule has 1 heterocycles. The van der Waals surface area contributed by atoms with Crippen molar-refractivity contribution in [3.05, 3.63) is 95.6 Å². The van der Waals surface area contributed by atoms with E-state index < -0.39 is 20.8 Å². The molecular formula is C23H27BCl2Zr+. The summed E-state index contributed by atoms with van der Waals surface area (Å²) in [5.74, 6) is 13.9. The van der Waals surface area contributed by atoms with Gasteiger partial charge < -0.3 is 0 Å². The summed E-state index contributed by atoms with van der Waals surface area (Å²) in [6.45, 7) is 11.0. The Morgan fingerprint density at radius 1 is 0.667 bits per heavy atom. The molecule has 0 saturated heterocycles. The Morgan fingerprint density at radius 2 is 1.04 bits per heavy atom. The van der Waals surface area contributed by atoms with Crippen molar-refractivity contribution >= 4 is 35.4 Å². The fourth-order valence-corrected chi connectivity index (χ4v) is 2.83. The van der Waals surface area contributed by atoms with Crippen molar-refractivity contribution in [1.29, 1.82) is 0 Å². The SMILES string of the molecule is C(=C\c1ccccc1)/[b-]1ccccc1.C[C]1[C](C)[C](C)[C](C)[C]1C.[Cl][Zr+2][Cl]. The number of hydrogen-bond donors (Lipinski definition) is 0. The molecule has 0 bridgehead atoms. The summed E-state index contributed by atoms with van der Waals surface area (Å²) in [5.41, 5.74) is 1.25. The number of hydrogen-bond acceptors (Lipinski definition) is 0. The van der Waals surface area contributed by atoms with Gasteiger partial charge in [0.1, 0.15) is 0 Å². The van der Waals surface area contributed by atoms with E-state index in [0.29, 0.717) is 6.34 Å². The van der Waals surface area contributed by atoms with Crippen LogP contribution in [0.15, 0.2) is 60.5 Å². The molecule has 139 valence electrons. The topological polar surface area (TPSA) is 0 Å². The molecule has 0 aliphatic heterocycles. The first kappa shape index (κ1) is 24.9. The zero-order valence-electron chi connectivity index (χ0n) is 16.8. The third kappa shape index (κ3) is 8.80. The summed E-state index contributed by atoms with van der Waals surface area (Å²) < 4.78 is 0. The minimum absolute atomic E-state index is 0.445. The second kappa shape index (κ2) is 13.9. The predicted octanol–water partition coefficient (Wildman–Crippen LogP) is 7.69. The van der Waals surface area contributed by atoms with E-state index in [0.717, 1.165) is 0 Å². The molecule has 0 nitrogen and oxygen atoms in total. The molecule has 0 amide bonds. The van der Waals surface area contributed by atoms with E-state index in [1.807, 2.05) is 12.1 Å². The fourth-order valence-electron chi connectivity index (χ4n) is 2.83. The zero-order chi connectivity index (χ0) is 20.2. The molecule has 0 N–H and O–H groups in total. The number of rotatable bonds is 2. The molecule has 3 rings (SSSR count). The van der Waals surface area contributed by atoms with Gasteiger partial charge in [-0.3, -0.25) is 17.9 Å². The van der Waals surface area contributed by atoms with Gasteiger partial charge in [-0.25, -0.2) is 0 Å². The van der Waals surface area contributed by atoms with Gasteiger partial charge in [-0.2, -0.15) is 0 Å². The molecule has 0 unspecified atom stereocenters. The van der Waals surface area contributed by atoms with Crippen LogP contribution in [0.4, 0.5) is 0 Å². The normalized spacial score (nSPS) is 16.4. The minimum atomic E-state index is -0.826. The van der Waals surface area contributed by atoms with Crippen LogP contribution >= 0.6 is 17.0 Å². The maximum atomic E-state index is 4.93. The first-order valence-electron chi connectivity index (χ1n) is 8.99. The number of benzene rings is 1. The Bertz CT molecular complexity index is 562. The number of halogens is 2. The Labute approximate surface area is 185 Å². The maximum absolute atomic E-state index is 4.93. The van der Waals surface area contributed by atoms with Crippen LogP contribution in [0.2, 0.25) is 0 Å². The Kier molecular flexibility index (Phi) is 12.8. The summed E-state index contributed by atoms with van der Waals surface area (Å²) in [6.07, 6.45) is 2.60. The average Bonchev–Trinajstić information content (AvgIpc) is 2.87. The second-order valence-corrected chi connectivity index (χ2v) is 10.2. The van der Waals surface area contributed by atoms with Crippen LogP contribution in [0.3, 0.4) is 0 Å². The summed E-state index contributed by atoms with van der Waals surface area (Å²) in [6, 6.07) is 16.6. The molecule has 1 aliphatic rings. The molecule has 0 spiro atoms. The molecule has 1 aromatic heterocycles. The third-order valence-corrected chi connectivity index (χ3v) is 5.01. The van der Waals surface area contributed by atoms with Gasteiger partial charge in [-0.15, -0.1) is 18.5 Å². The van der Waals surface area contributed by atoms with Crippen LogP contribution in [0.5, 0.6) is 0 Å². The second-order valence-electron chi connectivity index (χ2n) is 6.51. The third-order valence-electron chi connectivity index (χ3n) is 5.01. The molecule has 1 aromatic carbocycles. The van der Waals surface area contributed by atoms with E-state index in [9.17, 15) is 0 Å². The standard InChI is InChI=1S/C13H12B.C10H15.2ClH.Zr/c1-3-7-13(8-4-1)9-12-14-10-5-2-6-11-14;1-6-7(2)9(4)10(5)8(6)3;;;/h1-12H;1-5H3;2*1H;/q-1;;;;+4/p-2/b12-9+;;;;. The van der Waals surface area contributed by atoms with Crippen molar-refractivity contribution < 1.29 is 20.8 Å². The van der Waals surface area contributed by atoms with Crippen molar-refractivity contribution in [1.82, 2.24) is 0 Å². The van der Waals surface area contributed by atoms with E-state index >= 15 is 0 Å². The van der Waals surface area contributed by atoms with Gasteiger partial charge in [0.2, 0.25) is 0 Å². The summed E-state index contributed by atoms with van der Waals surface area (Å²) in [5, 5.41) is 0. The van der Waals surface area contributed by atoms with Gasteiger partial charge in [0.05, 0.1) is 0 Å². The first-order valence-corrected chi connectivity index (χ1v) is 15.3. The molecule has 5 radical (unpaired) electrons. The van der Waals surface area contributed by atoms with Crippen molar-refractivity contribution in [2.24, 2.45) is 0 Å². The first-order chi connectivity index (χ1) is 12.9. The average molecular weight is 476 g/mol. The predicted molar refractivity (Wildman–Crippen MR) is 120 cm³/mol. The van der Waals surface area contributed by atoms with Crippen LogP contribution in [0, 0.1) is 29.6 Å². The molecule has 27 heavy (non-hydrogen) atoms. The fraction of sp³-hybridized carbons (Fsp3) is 0.217. The zero-order valence-corrected chi connectivity index (χ0v) is 20.7. The van der Waals surface area contributed by atoms with Crippen molar-refractivity contribution in [2.45, 2.75) is 34.6 Å². The Balaban J connectivity index is 0.000000246. The van der Waals surface area contributed by atoms with Crippen molar-refractivity contribution in [2.75, 3.05) is 0 Å². The van der Waals surface area contributed by atoms with Crippen molar-refractivity contribution in [3.63, 3.8) is 0 Å². The summed E-state index contributed by atoms with van der Waals surface area (Å²) in [4.78, 5) is 0. The van der Waals surface area contributed by atoms with E-state index in [2.05, 4.69) is 95.0 Å². The van der Waals surface area contributed by atoms with Crippen LogP contribution in [0.1, 0.15) is 40.2 Å². The molecule has 1 aliphatic carbocycles. The van der Waals surface area contributed by atoms with Crippen LogP contribution in [0.25, 0.3) is 12.1 Å². The van der Waals surface area contributed by atoms with E-state index in [1.165, 1.54) is 35.2 Å². The van der Waals surface area contributed by atoms with Gasteiger partial charge in [0.15, 0.2) is 0 Å². The molecule has 2 aromatic rings. The van der Waals surface area contributed by atoms with Gasteiger partial charge in [-0.05, 0) is 35.2 Å². The van der Waals surface area contributed by atoms with E-state index in [-0.39, 0.29) is 0 Å². The molecule has 1 fully saturated rings. The Morgan fingerprint density at radius 3 is 1.44 bits per heavy atom. The van der Waals surface area contributed by atoms with Gasteiger partial charge in [-0.1, -0.05) is 77.1 Å². The molecule has 0 atom stereocenters.